The van der Waals surface area contributed by atoms with Gasteiger partial charge in [-0.2, -0.15) is 5.10 Å². The van der Waals surface area contributed by atoms with Gasteiger partial charge in [0, 0.05) is 5.56 Å². The van der Waals surface area contributed by atoms with Gasteiger partial charge in [0.1, 0.15) is 11.4 Å². The molecule has 24 heavy (non-hydrogen) atoms. The molecular formula is C19H18N2O3. The molecule has 0 fully saturated rings. The number of nitrogens with one attached hydrogen (secondary N) is 1. The average molecular weight is 322 g/mol. The zero-order chi connectivity index (χ0) is 17.1. The molecule has 3 rings (SSSR count). The van der Waals surface area contributed by atoms with Crippen LogP contribution in [0.3, 0.4) is 0 Å². The van der Waals surface area contributed by atoms with Gasteiger partial charge in [-0.1, -0.05) is 37.3 Å². The number of carboxylic acid groups (broad SMARTS) is 1. The number of carbonyl (C=O) groups is 1. The lowest BCUT2D eigenvalue weighted by Gasteiger charge is -2.10. The van der Waals surface area contributed by atoms with Crippen LogP contribution in [0.2, 0.25) is 0 Å². The van der Waals surface area contributed by atoms with Gasteiger partial charge in [-0.25, -0.2) is 4.79 Å². The normalized spacial score (nSPS) is 10.6. The summed E-state index contributed by atoms with van der Waals surface area (Å²) in [5, 5.41) is 15.5. The molecule has 0 amide bonds. The number of nitrogens with zero attached hydrogens (tertiary/aromatic N) is 1. The fourth-order valence-electron chi connectivity index (χ4n) is 2.65. The monoisotopic (exact) mass is 322 g/mol. The Morgan fingerprint density at radius 2 is 1.75 bits per heavy atom. The number of methoxy groups -OCH3 is 1. The molecule has 122 valence electrons. The predicted molar refractivity (Wildman–Crippen MR) is 92.3 cm³/mol. The van der Waals surface area contributed by atoms with Crippen LogP contribution >= 0.6 is 0 Å². The van der Waals surface area contributed by atoms with E-state index in [1.54, 1.807) is 7.11 Å². The van der Waals surface area contributed by atoms with Gasteiger partial charge in [-0.3, -0.25) is 5.10 Å². The van der Waals surface area contributed by atoms with Gasteiger partial charge in [0.25, 0.3) is 0 Å². The second kappa shape index (κ2) is 6.58. The van der Waals surface area contributed by atoms with Gasteiger partial charge in [-0.05, 0) is 41.3 Å². The van der Waals surface area contributed by atoms with E-state index >= 15 is 0 Å². The Bertz CT molecular complexity index is 867. The third-order valence-electron chi connectivity index (χ3n) is 3.98. The summed E-state index contributed by atoms with van der Waals surface area (Å²) in [5.41, 5.74) is 4.93. The summed E-state index contributed by atoms with van der Waals surface area (Å²) in [7, 11) is 1.68. The second-order valence-electron chi connectivity index (χ2n) is 5.43. The summed E-state index contributed by atoms with van der Waals surface area (Å²) < 4.78 is 5.37. The van der Waals surface area contributed by atoms with E-state index in [0.717, 1.165) is 34.4 Å². The lowest BCUT2D eigenvalue weighted by atomic mass is 9.99. The maximum absolute atomic E-state index is 10.9. The molecule has 0 spiro atoms. The number of rotatable bonds is 5. The number of aromatic carboxylic acids is 1. The highest BCUT2D eigenvalue weighted by molar-refractivity contribution is 5.87. The summed E-state index contributed by atoms with van der Waals surface area (Å²) in [5.74, 6) is -0.119. The first-order valence-electron chi connectivity index (χ1n) is 7.68. The van der Waals surface area contributed by atoms with Crippen molar-refractivity contribution in [2.75, 3.05) is 7.11 Å². The summed E-state index contributed by atoms with van der Waals surface area (Å²) in [6.45, 7) is 2.10. The molecule has 2 N–H and O–H groups in total. The van der Waals surface area contributed by atoms with E-state index in [9.17, 15) is 4.79 Å². The van der Waals surface area contributed by atoms with E-state index in [0.29, 0.717) is 5.69 Å². The van der Waals surface area contributed by atoms with Crippen molar-refractivity contribution in [3.63, 3.8) is 0 Å². The van der Waals surface area contributed by atoms with Gasteiger partial charge in [-0.15, -0.1) is 0 Å². The molecule has 5 heteroatoms. The number of aryl methyl sites for hydroxylation is 1. The molecular weight excluding hydrogens is 304 g/mol. The number of H-pyrrole nitrogens is 1. The van der Waals surface area contributed by atoms with Crippen molar-refractivity contribution in [3.8, 4) is 28.1 Å². The van der Waals surface area contributed by atoms with Crippen molar-refractivity contribution in [2.24, 2.45) is 0 Å². The quantitative estimate of drug-likeness (QED) is 0.744. The van der Waals surface area contributed by atoms with Gasteiger partial charge >= 0.3 is 5.97 Å². The Hall–Kier alpha value is -3.08. The van der Waals surface area contributed by atoms with Crippen LogP contribution in [0.4, 0.5) is 0 Å². The highest BCUT2D eigenvalue weighted by Crippen LogP contribution is 2.28. The Balaban J connectivity index is 1.90. The molecule has 0 aliphatic rings. The van der Waals surface area contributed by atoms with Crippen LogP contribution in [0, 0.1) is 0 Å². The van der Waals surface area contributed by atoms with Gasteiger partial charge < -0.3 is 9.84 Å². The summed E-state index contributed by atoms with van der Waals surface area (Å²) >= 11 is 0. The standard InChI is InChI=1S/C19H18N2O3/c1-3-12-10-15(8-9-18(12)24-2)13-4-6-14(7-5-13)16-11-17(19(22)23)21-20-16/h4-11H,3H2,1-2H3,(H,20,21)(H,22,23). The van der Waals surface area contributed by atoms with E-state index in [-0.39, 0.29) is 5.69 Å². The molecule has 0 aliphatic carbocycles. The number of aromatic amines is 1. The minimum atomic E-state index is -1.02. The summed E-state index contributed by atoms with van der Waals surface area (Å²) in [6.07, 6.45) is 0.903. The van der Waals surface area contributed by atoms with Crippen molar-refractivity contribution in [3.05, 3.63) is 59.8 Å². The Labute approximate surface area is 139 Å². The molecule has 3 aromatic rings. The minimum Gasteiger partial charge on any atom is -0.496 e. The van der Waals surface area contributed by atoms with Crippen LogP contribution in [0.25, 0.3) is 22.4 Å². The minimum absolute atomic E-state index is 0.0804. The Kier molecular flexibility index (Phi) is 4.33. The number of hydrogen-bond acceptors (Lipinski definition) is 3. The molecule has 1 aromatic heterocycles. The molecule has 0 atom stereocenters. The van der Waals surface area contributed by atoms with E-state index in [4.69, 9.17) is 9.84 Å². The topological polar surface area (TPSA) is 75.2 Å². The molecule has 0 unspecified atom stereocenters. The van der Waals surface area contributed by atoms with E-state index < -0.39 is 5.97 Å². The molecule has 0 bridgehead atoms. The van der Waals surface area contributed by atoms with E-state index in [1.807, 2.05) is 36.4 Å². The first kappa shape index (κ1) is 15.8. The molecule has 0 saturated heterocycles. The second-order valence-corrected chi connectivity index (χ2v) is 5.43. The van der Waals surface area contributed by atoms with Crippen molar-refractivity contribution in [1.82, 2.24) is 10.2 Å². The molecule has 0 saturated carbocycles. The number of ether oxygens (including phenoxy) is 1. The van der Waals surface area contributed by atoms with Crippen LogP contribution < -0.4 is 4.74 Å². The highest BCUT2D eigenvalue weighted by atomic mass is 16.5. The number of hydrogen-bond donors (Lipinski definition) is 2. The maximum Gasteiger partial charge on any atom is 0.353 e. The largest absolute Gasteiger partial charge is 0.496 e. The smallest absolute Gasteiger partial charge is 0.353 e. The van der Waals surface area contributed by atoms with Gasteiger partial charge in [0.15, 0.2) is 0 Å². The van der Waals surface area contributed by atoms with Crippen molar-refractivity contribution in [1.29, 1.82) is 0 Å². The summed E-state index contributed by atoms with van der Waals surface area (Å²) in [6, 6.07) is 15.6. The molecule has 0 aliphatic heterocycles. The third kappa shape index (κ3) is 3.01. The number of carboxylic acids is 1. The van der Waals surface area contributed by atoms with Crippen LogP contribution in [0.1, 0.15) is 23.0 Å². The molecule has 5 nitrogen and oxygen atoms in total. The van der Waals surface area contributed by atoms with E-state index in [2.05, 4.69) is 23.2 Å². The van der Waals surface area contributed by atoms with Crippen LogP contribution in [0.5, 0.6) is 5.75 Å². The lowest BCUT2D eigenvalue weighted by molar-refractivity contribution is 0.0690. The molecule has 1 heterocycles. The fourth-order valence-corrected chi connectivity index (χ4v) is 2.65. The lowest BCUT2D eigenvalue weighted by Crippen LogP contribution is -1.95. The predicted octanol–water partition coefficient (Wildman–Crippen LogP) is 4.01. The maximum atomic E-state index is 10.9. The SMILES string of the molecule is CCc1cc(-c2ccc(-c3cc(C(=O)O)[nH]n3)cc2)ccc1OC. The summed E-state index contributed by atoms with van der Waals surface area (Å²) in [4.78, 5) is 10.9. The van der Waals surface area contributed by atoms with Crippen LogP contribution in [-0.4, -0.2) is 28.4 Å². The van der Waals surface area contributed by atoms with Crippen LogP contribution in [-0.2, 0) is 6.42 Å². The van der Waals surface area contributed by atoms with E-state index in [1.165, 1.54) is 6.07 Å². The highest BCUT2D eigenvalue weighted by Gasteiger charge is 2.10. The third-order valence-corrected chi connectivity index (χ3v) is 3.98. The molecule has 2 aromatic carbocycles. The number of benzene rings is 2. The number of aromatic nitrogens is 2. The van der Waals surface area contributed by atoms with Gasteiger partial charge in [0.05, 0.1) is 12.8 Å². The zero-order valence-corrected chi connectivity index (χ0v) is 13.5. The Morgan fingerprint density at radius 1 is 1.08 bits per heavy atom. The Morgan fingerprint density at radius 3 is 2.33 bits per heavy atom. The fraction of sp³-hybridized carbons (Fsp3) is 0.158. The first-order valence-corrected chi connectivity index (χ1v) is 7.68. The van der Waals surface area contributed by atoms with Crippen molar-refractivity contribution >= 4 is 5.97 Å². The zero-order valence-electron chi connectivity index (χ0n) is 13.5. The first-order chi connectivity index (χ1) is 11.6. The van der Waals surface area contributed by atoms with Gasteiger partial charge in [0.2, 0.25) is 0 Å². The van der Waals surface area contributed by atoms with Crippen LogP contribution in [0.15, 0.2) is 48.5 Å². The van der Waals surface area contributed by atoms with Crippen molar-refractivity contribution < 1.29 is 14.6 Å². The van der Waals surface area contributed by atoms with Crippen molar-refractivity contribution in [2.45, 2.75) is 13.3 Å². The average Bonchev–Trinajstić information content (AvgIpc) is 3.11. The molecule has 0 radical (unpaired) electrons.